The number of nitrogens with one attached hydrogen (secondary N) is 2. The van der Waals surface area contributed by atoms with Crippen molar-refractivity contribution in [2.24, 2.45) is 0 Å². The van der Waals surface area contributed by atoms with Crippen molar-refractivity contribution in [3.05, 3.63) is 28.2 Å². The quantitative estimate of drug-likeness (QED) is 0.820. The molecule has 0 aromatic carbocycles. The van der Waals surface area contributed by atoms with Crippen LogP contribution >= 0.6 is 0 Å². The predicted molar refractivity (Wildman–Crippen MR) is 84.0 cm³/mol. The lowest BCUT2D eigenvalue weighted by Crippen LogP contribution is -2.55. The molecule has 1 aliphatic heterocycles. The fourth-order valence-corrected chi connectivity index (χ4v) is 2.51. The van der Waals surface area contributed by atoms with Crippen molar-refractivity contribution in [3.63, 3.8) is 0 Å². The van der Waals surface area contributed by atoms with E-state index < -0.39 is 29.0 Å². The van der Waals surface area contributed by atoms with Crippen molar-refractivity contribution in [2.75, 3.05) is 31.5 Å². The molecule has 2 rings (SSSR count). The molecule has 6 nitrogen and oxygen atoms in total. The number of hydrogen-bond acceptors (Lipinski definition) is 3. The number of H-pyrrole nitrogens is 1. The third kappa shape index (κ3) is 4.28. The molecular weight excluding hydrogens is 325 g/mol. The maximum atomic E-state index is 12.7. The molecular formula is C15H21F3N4O2. The molecule has 0 saturated carbocycles. The Hall–Kier alpha value is -2.03. The number of hydrogen-bond donors (Lipinski definition) is 2. The van der Waals surface area contributed by atoms with Crippen LogP contribution in [0.15, 0.2) is 17.1 Å². The number of amides is 2. The number of rotatable bonds is 1. The van der Waals surface area contributed by atoms with E-state index in [0.29, 0.717) is 38.4 Å². The number of aromatic nitrogens is 1. The van der Waals surface area contributed by atoms with E-state index in [1.807, 2.05) is 4.98 Å². The molecule has 2 N–H and O–H groups in total. The van der Waals surface area contributed by atoms with Crippen molar-refractivity contribution >= 4 is 11.7 Å². The number of carbonyl (C=O) groups excluding carboxylic acids is 1. The van der Waals surface area contributed by atoms with Gasteiger partial charge >= 0.3 is 12.2 Å². The lowest BCUT2D eigenvalue weighted by atomic mass is 10.1. The second-order valence-electron chi connectivity index (χ2n) is 6.70. The van der Waals surface area contributed by atoms with E-state index in [1.54, 1.807) is 0 Å². The van der Waals surface area contributed by atoms with Crippen LogP contribution in [0.4, 0.5) is 23.7 Å². The number of alkyl halides is 3. The Labute approximate surface area is 137 Å². The Morgan fingerprint density at radius 1 is 1.17 bits per heavy atom. The summed E-state index contributed by atoms with van der Waals surface area (Å²) in [6.07, 6.45) is -4.01. The second kappa shape index (κ2) is 6.46. The highest BCUT2D eigenvalue weighted by Gasteiger charge is 2.32. The summed E-state index contributed by atoms with van der Waals surface area (Å²) in [5.74, 6) is 0. The molecule has 1 aromatic rings. The molecule has 0 bridgehead atoms. The first kappa shape index (κ1) is 18.3. The van der Waals surface area contributed by atoms with Gasteiger partial charge in [-0.1, -0.05) is 0 Å². The Balaban J connectivity index is 2.05. The zero-order valence-corrected chi connectivity index (χ0v) is 13.8. The number of pyridine rings is 1. The first-order chi connectivity index (χ1) is 11.0. The first-order valence-corrected chi connectivity index (χ1v) is 7.59. The highest BCUT2D eigenvalue weighted by molar-refractivity contribution is 5.89. The van der Waals surface area contributed by atoms with Gasteiger partial charge in [0.2, 0.25) is 0 Å². The van der Waals surface area contributed by atoms with Gasteiger partial charge in [-0.2, -0.15) is 13.2 Å². The fourth-order valence-electron chi connectivity index (χ4n) is 2.51. The van der Waals surface area contributed by atoms with Crippen molar-refractivity contribution in [1.29, 1.82) is 0 Å². The van der Waals surface area contributed by atoms with Crippen LogP contribution in [0.2, 0.25) is 0 Å². The van der Waals surface area contributed by atoms with Crippen LogP contribution in [0.25, 0.3) is 0 Å². The fraction of sp³-hybridized carbons (Fsp3) is 0.600. The van der Waals surface area contributed by atoms with Crippen molar-refractivity contribution in [3.8, 4) is 0 Å². The van der Waals surface area contributed by atoms with Crippen LogP contribution in [0.5, 0.6) is 0 Å². The van der Waals surface area contributed by atoms with Crippen LogP contribution in [0.3, 0.4) is 0 Å². The first-order valence-electron chi connectivity index (χ1n) is 7.59. The Kier molecular flexibility index (Phi) is 4.93. The molecule has 1 fully saturated rings. The van der Waals surface area contributed by atoms with Gasteiger partial charge in [0.25, 0.3) is 5.56 Å². The van der Waals surface area contributed by atoms with Gasteiger partial charge in [-0.05, 0) is 26.8 Å². The summed E-state index contributed by atoms with van der Waals surface area (Å²) in [4.78, 5) is 29.5. The third-order valence-electron chi connectivity index (χ3n) is 3.99. The summed E-state index contributed by atoms with van der Waals surface area (Å²) in [5.41, 5.74) is -2.21. The minimum absolute atomic E-state index is 0.0131. The van der Waals surface area contributed by atoms with Crippen molar-refractivity contribution < 1.29 is 18.0 Å². The highest BCUT2D eigenvalue weighted by Crippen LogP contribution is 2.29. The van der Waals surface area contributed by atoms with E-state index in [0.717, 1.165) is 0 Å². The second-order valence-corrected chi connectivity index (χ2v) is 6.70. The normalized spacial score (nSPS) is 17.0. The number of piperazine rings is 1. The Morgan fingerprint density at radius 3 is 2.25 bits per heavy atom. The zero-order valence-electron chi connectivity index (χ0n) is 13.8. The predicted octanol–water partition coefficient (Wildman–Crippen LogP) is 2.34. The van der Waals surface area contributed by atoms with Crippen LogP contribution in [0, 0.1) is 0 Å². The van der Waals surface area contributed by atoms with Crippen LogP contribution < -0.4 is 10.9 Å². The molecule has 2 heterocycles. The summed E-state index contributed by atoms with van der Waals surface area (Å²) in [5, 5.41) is 2.27. The van der Waals surface area contributed by atoms with E-state index in [4.69, 9.17) is 0 Å². The van der Waals surface area contributed by atoms with E-state index >= 15 is 0 Å². The standard InChI is InChI=1S/C15H21F3N4O2/c1-14(2,3)22-6-4-21(5-7-22)13(24)20-11-8-10(15(16,17)18)9-19-12(11)23/h8-9H,4-7H2,1-3H3,(H,19,23)(H,20,24). The van der Waals surface area contributed by atoms with Gasteiger partial charge < -0.3 is 15.2 Å². The number of carbonyl (C=O) groups is 1. The number of anilines is 1. The van der Waals surface area contributed by atoms with Crippen LogP contribution in [-0.2, 0) is 6.18 Å². The molecule has 9 heteroatoms. The molecule has 0 spiro atoms. The average Bonchev–Trinajstić information content (AvgIpc) is 2.47. The van der Waals surface area contributed by atoms with Crippen molar-refractivity contribution in [2.45, 2.75) is 32.5 Å². The largest absolute Gasteiger partial charge is 0.417 e. The molecule has 2 amide bonds. The lowest BCUT2D eigenvalue weighted by Gasteiger charge is -2.42. The SMILES string of the molecule is CC(C)(C)N1CCN(C(=O)Nc2cc(C(F)(F)F)c[nH]c2=O)CC1. The average molecular weight is 346 g/mol. The number of urea groups is 1. The lowest BCUT2D eigenvalue weighted by molar-refractivity contribution is -0.137. The van der Waals surface area contributed by atoms with Gasteiger partial charge in [-0.25, -0.2) is 4.79 Å². The molecule has 134 valence electrons. The smallest absolute Gasteiger partial charge is 0.327 e. The van der Waals surface area contributed by atoms with Gasteiger partial charge in [0, 0.05) is 37.9 Å². The van der Waals surface area contributed by atoms with Gasteiger partial charge in [-0.15, -0.1) is 0 Å². The molecule has 1 saturated heterocycles. The number of nitrogens with zero attached hydrogens (tertiary/aromatic N) is 2. The van der Waals surface area contributed by atoms with E-state index in [9.17, 15) is 22.8 Å². The highest BCUT2D eigenvalue weighted by atomic mass is 19.4. The Morgan fingerprint density at radius 2 is 1.75 bits per heavy atom. The molecule has 0 aliphatic carbocycles. The molecule has 24 heavy (non-hydrogen) atoms. The van der Waals surface area contributed by atoms with Crippen LogP contribution in [-0.4, -0.2) is 52.5 Å². The van der Waals surface area contributed by atoms with Gasteiger partial charge in [-0.3, -0.25) is 9.69 Å². The Bertz CT molecular complexity index is 656. The topological polar surface area (TPSA) is 68.4 Å². The summed E-state index contributed by atoms with van der Waals surface area (Å²) in [6, 6.07) is 0.0654. The molecule has 0 unspecified atom stereocenters. The summed E-state index contributed by atoms with van der Waals surface area (Å²) in [7, 11) is 0. The monoisotopic (exact) mass is 346 g/mol. The third-order valence-corrected chi connectivity index (χ3v) is 3.99. The maximum Gasteiger partial charge on any atom is 0.417 e. The minimum atomic E-state index is -4.60. The van der Waals surface area contributed by atoms with Gasteiger partial charge in [0.15, 0.2) is 0 Å². The number of aromatic amines is 1. The molecule has 1 aromatic heterocycles. The molecule has 1 aliphatic rings. The minimum Gasteiger partial charge on any atom is -0.327 e. The van der Waals surface area contributed by atoms with Crippen LogP contribution in [0.1, 0.15) is 26.3 Å². The number of halogens is 3. The van der Waals surface area contributed by atoms with E-state index in [-0.39, 0.29) is 5.54 Å². The van der Waals surface area contributed by atoms with E-state index in [2.05, 4.69) is 31.0 Å². The summed E-state index contributed by atoms with van der Waals surface area (Å²) in [6.45, 7) is 8.44. The summed E-state index contributed by atoms with van der Waals surface area (Å²) < 4.78 is 38.1. The van der Waals surface area contributed by atoms with Crippen molar-refractivity contribution in [1.82, 2.24) is 14.8 Å². The summed E-state index contributed by atoms with van der Waals surface area (Å²) >= 11 is 0. The van der Waals surface area contributed by atoms with E-state index in [1.165, 1.54) is 4.90 Å². The molecule has 0 radical (unpaired) electrons. The maximum absolute atomic E-state index is 12.7. The zero-order chi connectivity index (χ0) is 18.1. The van der Waals surface area contributed by atoms with Gasteiger partial charge in [0.05, 0.1) is 5.56 Å². The molecule has 0 atom stereocenters. The van der Waals surface area contributed by atoms with Gasteiger partial charge in [0.1, 0.15) is 5.69 Å².